The third kappa shape index (κ3) is 16.0. The molecule has 3 aromatic heterocycles. The third-order valence-electron chi connectivity index (χ3n) is 20.5. The van der Waals surface area contributed by atoms with Crippen molar-refractivity contribution < 1.29 is 63.4 Å². The number of imide groups is 2. The fourth-order valence-corrected chi connectivity index (χ4v) is 21.2. The molecule has 14 rings (SSSR count). The molecule has 2 fully saturated rings. The van der Waals surface area contributed by atoms with Gasteiger partial charge < -0.3 is 28.7 Å². The minimum Gasteiger partial charge on any atom is -0.493 e. The Morgan fingerprint density at radius 2 is 0.917 bits per heavy atom. The van der Waals surface area contributed by atoms with Gasteiger partial charge in [-0.2, -0.15) is 0 Å². The topological polar surface area (TPSA) is 268 Å². The number of piperazine rings is 2. The van der Waals surface area contributed by atoms with Crippen LogP contribution in [0, 0.1) is 0 Å². The van der Waals surface area contributed by atoms with E-state index >= 15 is 0 Å². The van der Waals surface area contributed by atoms with Gasteiger partial charge in [-0.15, -0.1) is 22.7 Å². The number of hydrogen-bond donors (Lipinski definition) is 2. The average molecular weight is 1590 g/mol. The molecule has 7 heterocycles. The first-order valence-electron chi connectivity index (χ1n) is 35.6. The van der Waals surface area contributed by atoms with Gasteiger partial charge in [0.2, 0.25) is 19.9 Å². The van der Waals surface area contributed by atoms with E-state index in [1.54, 1.807) is 78.3 Å². The summed E-state index contributed by atoms with van der Waals surface area (Å²) in [5.74, 6) is 0.200. The lowest BCUT2D eigenvalue weighted by molar-refractivity contribution is 0.0557. The maximum Gasteiger partial charge on any atom is 0.264 e. The number of carbonyl (C=O) groups excluding carboxylic acids is 4. The van der Waals surface area contributed by atoms with E-state index in [0.717, 1.165) is 49.3 Å². The Bertz CT molecular complexity index is 5350. The zero-order valence-electron chi connectivity index (χ0n) is 60.8. The number of anilines is 2. The van der Waals surface area contributed by atoms with Gasteiger partial charge in [-0.3, -0.25) is 43.2 Å². The number of ether oxygens (including phenoxy) is 4. The number of imidazole rings is 1. The largest absolute Gasteiger partial charge is 0.493 e. The summed E-state index contributed by atoms with van der Waals surface area (Å²) in [5, 5.41) is 2.79. The molecule has 0 saturated carbocycles. The number of sulfonamides is 2. The van der Waals surface area contributed by atoms with Gasteiger partial charge in [0.15, 0.2) is 38.1 Å². The molecule has 4 atom stereocenters. The normalized spacial score (nSPS) is 16.2. The van der Waals surface area contributed by atoms with E-state index in [4.69, 9.17) is 30.5 Å². The molecule has 0 spiro atoms. The molecule has 4 aliphatic rings. The van der Waals surface area contributed by atoms with Gasteiger partial charge in [0.1, 0.15) is 4.21 Å². The third-order valence-corrected chi connectivity index (χ3v) is 27.9. The number of halogens is 1. The van der Waals surface area contributed by atoms with Crippen LogP contribution < -0.4 is 38.2 Å². The highest BCUT2D eigenvalue weighted by atomic mass is 35.5. The fraction of sp³-hybridized carbons (Fsp3) is 0.304. The van der Waals surface area contributed by atoms with Crippen LogP contribution in [0.4, 0.5) is 11.4 Å². The molecule has 570 valence electrons. The molecule has 2 N–H and O–H groups in total. The van der Waals surface area contributed by atoms with Gasteiger partial charge in [0.25, 0.3) is 33.7 Å². The van der Waals surface area contributed by atoms with Gasteiger partial charge in [-0.1, -0.05) is 115 Å². The monoisotopic (exact) mass is 1590 g/mol. The van der Waals surface area contributed by atoms with E-state index in [-0.39, 0.29) is 74.5 Å². The van der Waals surface area contributed by atoms with Crippen LogP contribution in [0.1, 0.15) is 127 Å². The molecule has 24 nitrogen and oxygen atoms in total. The van der Waals surface area contributed by atoms with Gasteiger partial charge in [-0.25, -0.2) is 39.7 Å². The average Bonchev–Trinajstić information content (AvgIpc) is 1.60. The van der Waals surface area contributed by atoms with Crippen LogP contribution >= 0.6 is 34.3 Å². The number of rotatable bonds is 28. The van der Waals surface area contributed by atoms with Gasteiger partial charge >= 0.3 is 0 Å². The van der Waals surface area contributed by atoms with Gasteiger partial charge in [0.05, 0.1) is 83.9 Å². The van der Waals surface area contributed by atoms with Crippen molar-refractivity contribution in [2.75, 3.05) is 104 Å². The van der Waals surface area contributed by atoms with Gasteiger partial charge in [0, 0.05) is 94.5 Å². The Morgan fingerprint density at radius 1 is 0.477 bits per heavy atom. The van der Waals surface area contributed by atoms with Crippen molar-refractivity contribution in [1.29, 1.82) is 0 Å². The van der Waals surface area contributed by atoms with Gasteiger partial charge in [-0.05, 0) is 129 Å². The zero-order chi connectivity index (χ0) is 76.9. The van der Waals surface area contributed by atoms with Crippen molar-refractivity contribution in [3.63, 3.8) is 0 Å². The number of thiophene rings is 1. The number of nitrogens with one attached hydrogen (secondary N) is 2. The smallest absolute Gasteiger partial charge is 0.264 e. The van der Waals surface area contributed by atoms with Crippen molar-refractivity contribution in [2.24, 2.45) is 0 Å². The lowest BCUT2D eigenvalue weighted by Gasteiger charge is -2.39. The zero-order valence-corrected chi connectivity index (χ0v) is 65.7. The highest BCUT2D eigenvalue weighted by Crippen LogP contribution is 2.44. The Balaban J connectivity index is 0.000000193. The highest BCUT2D eigenvalue weighted by molar-refractivity contribution is 7.93. The molecular formula is C79H83ClN10O14S5. The maximum absolute atomic E-state index is 14.5. The molecule has 0 bridgehead atoms. The number of nitrogens with zero attached hydrogens (tertiary/aromatic N) is 8. The predicted octanol–water partition coefficient (Wildman–Crippen LogP) is 12.6. The van der Waals surface area contributed by atoms with Crippen molar-refractivity contribution in [3.8, 4) is 23.0 Å². The van der Waals surface area contributed by atoms with Crippen molar-refractivity contribution >= 4 is 104 Å². The van der Waals surface area contributed by atoms with Crippen LogP contribution in [0.2, 0.25) is 5.15 Å². The Labute approximate surface area is 647 Å². The minimum atomic E-state index is -4.08. The van der Waals surface area contributed by atoms with Crippen molar-refractivity contribution in [2.45, 2.75) is 82.7 Å². The standard InChI is InChI=1S/C42H44N4O8S3.C37H39ClN6O6S2/c1-29(30-12-6-4-7-13-30)44-22-24-45(25-23-44)36-17-10-16-34-40(36)42(48)46(41(34)47)35(31-19-20-37(53-2)38(26-31)54-3)18-11-21-43-57(51,52)39-27-33(28-55-39)56(49,50)32-14-8-5-9-15-32;1-24(25-9-5-4-6-10-25)41-17-19-42(20-18-41)29-12-7-11-27-32(29)35(46)44(34(27)45)28(26-14-15-30(49-2)31(23-26)50-3)13-8-16-39-52(47,48)36-33(38)40-37-43(36)21-22-51-37/h4-10,12-17,19-20,26-29,35,43H,11,18,21-25H2,1-3H3;4-7,9-12,14-15,21-24,28,39H,8,13,16-20H2,1-3H3/t29-,35?;24-,28?/m11/s1. The molecule has 10 aromatic rings. The Hall–Kier alpha value is -9.53. The summed E-state index contributed by atoms with van der Waals surface area (Å²) in [7, 11) is -5.93. The molecule has 4 amide bonds. The number of methoxy groups -OCH3 is 4. The number of carbonyl (C=O) groups is 4. The summed E-state index contributed by atoms with van der Waals surface area (Å²) in [6, 6.07) is 50.0. The van der Waals surface area contributed by atoms with Crippen LogP contribution in [-0.2, 0) is 29.9 Å². The number of amides is 4. The SMILES string of the molecule is COc1ccc(C(CCCNS(=O)(=O)c2c(Cl)nc3sccn23)N2C(=O)c3cccc(N4CCN([C@H](C)c5ccccc5)CC4)c3C2=O)cc1OC.COc1ccc(C(CCCNS(=O)(=O)c2cc(S(=O)(=O)c3ccccc3)cs2)N2C(=O)c3cccc(N4CCN([C@H](C)c5ccccc5)CC4)c3C2=O)cc1OC. The van der Waals surface area contributed by atoms with E-state index in [9.17, 15) is 44.4 Å². The van der Waals surface area contributed by atoms with E-state index in [0.29, 0.717) is 99.6 Å². The summed E-state index contributed by atoms with van der Waals surface area (Å²) in [6.45, 7) is 10.3. The van der Waals surface area contributed by atoms with E-state index in [1.807, 2.05) is 48.5 Å². The van der Waals surface area contributed by atoms with Crippen LogP contribution in [0.5, 0.6) is 23.0 Å². The molecule has 30 heteroatoms. The number of benzene rings is 7. The minimum absolute atomic E-state index is 0.0277. The molecule has 2 unspecified atom stereocenters. The molecule has 2 saturated heterocycles. The van der Waals surface area contributed by atoms with E-state index < -0.39 is 59.7 Å². The lowest BCUT2D eigenvalue weighted by Crippen LogP contribution is -2.47. The fourth-order valence-electron chi connectivity index (χ4n) is 14.7. The molecule has 4 aliphatic heterocycles. The summed E-state index contributed by atoms with van der Waals surface area (Å²) < 4.78 is 108. The molecule has 0 aliphatic carbocycles. The van der Waals surface area contributed by atoms with E-state index in [2.05, 4.69) is 84.3 Å². The summed E-state index contributed by atoms with van der Waals surface area (Å²) in [5.41, 5.74) is 6.63. The molecular weight excluding hydrogens is 1510 g/mol. The summed E-state index contributed by atoms with van der Waals surface area (Å²) >= 11 is 8.30. The van der Waals surface area contributed by atoms with Crippen molar-refractivity contribution in [3.05, 3.63) is 236 Å². The number of hydrogen-bond acceptors (Lipinski definition) is 21. The second-order valence-corrected chi connectivity index (χ2v) is 34.4. The van der Waals surface area contributed by atoms with Crippen LogP contribution in [0.15, 0.2) is 206 Å². The lowest BCUT2D eigenvalue weighted by atomic mass is 9.99. The van der Waals surface area contributed by atoms with Crippen LogP contribution in [-0.4, -0.2) is 172 Å². The first kappa shape index (κ1) is 77.6. The van der Waals surface area contributed by atoms with E-state index in [1.165, 1.54) is 82.6 Å². The Morgan fingerprint density at radius 3 is 1.37 bits per heavy atom. The number of aromatic nitrogens is 2. The molecule has 109 heavy (non-hydrogen) atoms. The Kier molecular flexibility index (Phi) is 23.8. The number of sulfone groups is 1. The van der Waals surface area contributed by atoms with Crippen LogP contribution in [0.25, 0.3) is 4.96 Å². The van der Waals surface area contributed by atoms with Crippen LogP contribution in [0.3, 0.4) is 0 Å². The molecule has 0 radical (unpaired) electrons. The second kappa shape index (κ2) is 33.4. The highest BCUT2D eigenvalue weighted by Gasteiger charge is 2.46. The second-order valence-electron chi connectivity index (χ2n) is 26.6. The first-order valence-corrected chi connectivity index (χ1v) is 42.2. The molecule has 7 aromatic carbocycles. The van der Waals surface area contributed by atoms with Crippen molar-refractivity contribution in [1.82, 2.24) is 38.4 Å². The maximum atomic E-state index is 14.5. The number of fused-ring (bicyclic) bond motifs is 3. The summed E-state index contributed by atoms with van der Waals surface area (Å²) in [4.78, 5) is 73.8. The quantitative estimate of drug-likeness (QED) is 0.0341. The predicted molar refractivity (Wildman–Crippen MR) is 419 cm³/mol. The number of thiazole rings is 1. The first-order chi connectivity index (χ1) is 52.6. The summed E-state index contributed by atoms with van der Waals surface area (Å²) in [6.07, 6.45) is 2.61.